The highest BCUT2D eigenvalue weighted by atomic mass is 31.2. The normalized spacial score (nSPS) is 14.1. The highest BCUT2D eigenvalue weighted by Crippen LogP contribution is 2.43. The van der Waals surface area contributed by atoms with Crippen molar-refractivity contribution in [2.24, 2.45) is 0 Å². The van der Waals surface area contributed by atoms with Crippen molar-refractivity contribution >= 4 is 19.7 Å². The Morgan fingerprint density at radius 1 is 0.427 bits per heavy atom. The third-order valence-electron chi connectivity index (χ3n) is 15.1. The maximum atomic E-state index is 13.6. The molecule has 0 aliphatic heterocycles. The summed E-state index contributed by atoms with van der Waals surface area (Å²) in [6.07, 6.45) is 81.5. The van der Waals surface area contributed by atoms with Crippen LogP contribution < -0.4 is 5.32 Å². The van der Waals surface area contributed by atoms with E-state index >= 15 is 0 Å². The van der Waals surface area contributed by atoms with Gasteiger partial charge in [-0.2, -0.15) is 0 Å². The van der Waals surface area contributed by atoms with E-state index in [4.69, 9.17) is 13.8 Å². The number of ether oxygens (including phenoxy) is 1. The van der Waals surface area contributed by atoms with Crippen LogP contribution in [0.4, 0.5) is 0 Å². The third-order valence-corrected chi connectivity index (χ3v) is 16.0. The van der Waals surface area contributed by atoms with E-state index in [9.17, 15) is 19.0 Å². The van der Waals surface area contributed by atoms with Crippen molar-refractivity contribution in [3.8, 4) is 0 Å². The van der Waals surface area contributed by atoms with Gasteiger partial charge in [0.15, 0.2) is 0 Å². The van der Waals surface area contributed by atoms with E-state index in [1.54, 1.807) is 0 Å². The van der Waals surface area contributed by atoms with Gasteiger partial charge in [-0.3, -0.25) is 18.6 Å². The lowest BCUT2D eigenvalue weighted by Gasteiger charge is -2.27. The Morgan fingerprint density at radius 2 is 0.744 bits per heavy atom. The average molecular weight is 1170 g/mol. The molecule has 0 rings (SSSR count). The number of allylic oxidation sites excluding steroid dienone is 13. The molecular formula is C72H132N2O7P+. The first-order valence-corrected chi connectivity index (χ1v) is 35.9. The summed E-state index contributed by atoms with van der Waals surface area (Å²) in [5.41, 5.74) is 0. The maximum absolute atomic E-state index is 13.6. The molecule has 9 nitrogen and oxygen atoms in total. The Labute approximate surface area is 507 Å². The zero-order valence-corrected chi connectivity index (χ0v) is 55.4. The van der Waals surface area contributed by atoms with Crippen LogP contribution in [0.15, 0.2) is 85.1 Å². The summed E-state index contributed by atoms with van der Waals surface area (Å²) in [5.74, 6) is -0.522. The Hall–Kier alpha value is -2.81. The molecule has 0 saturated carbocycles. The smallest absolute Gasteiger partial charge is 0.456 e. The van der Waals surface area contributed by atoms with E-state index in [-0.39, 0.29) is 31.5 Å². The van der Waals surface area contributed by atoms with Crippen LogP contribution in [-0.4, -0.2) is 74.3 Å². The number of carbonyl (C=O) groups is 2. The van der Waals surface area contributed by atoms with Crippen LogP contribution in [0.1, 0.15) is 310 Å². The zero-order chi connectivity index (χ0) is 60.0. The van der Waals surface area contributed by atoms with Gasteiger partial charge in [-0.25, -0.2) is 4.57 Å². The summed E-state index contributed by atoms with van der Waals surface area (Å²) in [6.45, 7) is 6.97. The van der Waals surface area contributed by atoms with E-state index in [2.05, 4.69) is 99.0 Å². The van der Waals surface area contributed by atoms with Crippen molar-refractivity contribution in [3.05, 3.63) is 85.1 Å². The first-order valence-electron chi connectivity index (χ1n) is 34.4. The Morgan fingerprint density at radius 3 is 1.13 bits per heavy atom. The van der Waals surface area contributed by atoms with Gasteiger partial charge in [-0.05, 0) is 109 Å². The number of phosphoric acid groups is 1. The number of nitrogens with zero attached hydrogens (tertiary/aromatic N) is 1. The summed E-state index contributed by atoms with van der Waals surface area (Å²) in [5, 5.41) is 3.06. The van der Waals surface area contributed by atoms with E-state index in [1.165, 1.54) is 173 Å². The average Bonchev–Trinajstić information content (AvgIpc) is 3.44. The monoisotopic (exact) mass is 1170 g/mol. The van der Waals surface area contributed by atoms with Crippen LogP contribution >= 0.6 is 7.82 Å². The molecule has 0 radical (unpaired) electrons. The van der Waals surface area contributed by atoms with Crippen molar-refractivity contribution in [1.29, 1.82) is 0 Å². The van der Waals surface area contributed by atoms with Crippen LogP contribution in [0.3, 0.4) is 0 Å². The van der Waals surface area contributed by atoms with Gasteiger partial charge in [0, 0.05) is 12.8 Å². The molecule has 0 bridgehead atoms. The van der Waals surface area contributed by atoms with E-state index in [1.807, 2.05) is 33.3 Å². The lowest BCUT2D eigenvalue weighted by molar-refractivity contribution is -0.870. The number of phosphoric ester groups is 1. The fraction of sp³-hybridized carbons (Fsp3) is 0.778. The number of hydrogen-bond donors (Lipinski definition) is 2. The summed E-state index contributed by atoms with van der Waals surface area (Å²) < 4.78 is 30.8. The number of likely N-dealkylation sites (N-methyl/N-ethyl adjacent to an activating group) is 1. The van der Waals surface area contributed by atoms with Crippen LogP contribution in [0, 0.1) is 0 Å². The number of rotatable bonds is 62. The number of carbonyl (C=O) groups excluding carboxylic acids is 2. The molecule has 0 fully saturated rings. The van der Waals surface area contributed by atoms with Gasteiger partial charge < -0.3 is 19.4 Å². The predicted molar refractivity (Wildman–Crippen MR) is 355 cm³/mol. The van der Waals surface area contributed by atoms with Gasteiger partial charge in [-0.15, -0.1) is 0 Å². The van der Waals surface area contributed by atoms with Crippen LogP contribution in [0.25, 0.3) is 0 Å². The second-order valence-electron chi connectivity index (χ2n) is 24.3. The van der Waals surface area contributed by atoms with E-state index in [0.29, 0.717) is 23.9 Å². The van der Waals surface area contributed by atoms with Crippen molar-refractivity contribution < 1.29 is 37.3 Å². The minimum atomic E-state index is -4.46. The molecule has 0 aromatic carbocycles. The van der Waals surface area contributed by atoms with Gasteiger partial charge in [0.1, 0.15) is 19.3 Å². The molecule has 0 heterocycles. The Bertz CT molecular complexity index is 1680. The Kier molecular flexibility index (Phi) is 59.2. The van der Waals surface area contributed by atoms with Crippen molar-refractivity contribution in [1.82, 2.24) is 5.32 Å². The second-order valence-corrected chi connectivity index (χ2v) is 25.8. The molecule has 10 heteroatoms. The van der Waals surface area contributed by atoms with Gasteiger partial charge in [0.05, 0.1) is 33.8 Å². The minimum Gasteiger partial charge on any atom is -0.456 e. The third kappa shape index (κ3) is 61.7. The second kappa shape index (κ2) is 61.3. The van der Waals surface area contributed by atoms with Crippen molar-refractivity contribution in [2.45, 2.75) is 322 Å². The quantitative estimate of drug-likeness (QED) is 0.0205. The summed E-state index contributed by atoms with van der Waals surface area (Å²) in [4.78, 5) is 37.9. The number of amides is 1. The van der Waals surface area contributed by atoms with Crippen molar-refractivity contribution in [2.75, 3.05) is 40.9 Å². The van der Waals surface area contributed by atoms with Crippen LogP contribution in [0.2, 0.25) is 0 Å². The highest BCUT2D eigenvalue weighted by molar-refractivity contribution is 7.47. The molecular weight excluding hydrogens is 1040 g/mol. The van der Waals surface area contributed by atoms with Gasteiger partial charge in [0.25, 0.3) is 0 Å². The van der Waals surface area contributed by atoms with Crippen LogP contribution in [-0.2, 0) is 27.9 Å². The molecule has 0 aliphatic carbocycles. The Balaban J connectivity index is 5.16. The standard InChI is InChI=1S/C72H131N2O7P/c1-7-10-13-16-19-22-25-28-30-32-34-36-37-39-40-42-44-46-49-52-55-58-61-64-71(75)73-69(68-80-82(77,78)79-67-66-74(4,5)6)70(63-60-57-54-51-48-27-24-21-18-15-12-9-3)81-72(76)65-62-59-56-53-50-47-45-43-41-38-35-33-31-29-26-23-20-17-14-11-8-2/h19-20,22-23,28-31,35,38,43,45,60,63,69-70H,7-18,21,24-27,32-34,36-37,39-42,44,46-59,61-62,64-68H2,1-6H3,(H-,73,75,77,78)/p+1/b22-19-,23-20-,30-28-,31-29-,38-35-,45-43-,63-60+. The number of hydrogen-bond acceptors (Lipinski definition) is 6. The van der Waals surface area contributed by atoms with Gasteiger partial charge in [0.2, 0.25) is 5.91 Å². The first kappa shape index (κ1) is 79.2. The number of esters is 1. The molecule has 3 unspecified atom stereocenters. The van der Waals surface area contributed by atoms with Gasteiger partial charge in [-0.1, -0.05) is 273 Å². The highest BCUT2D eigenvalue weighted by Gasteiger charge is 2.30. The zero-order valence-electron chi connectivity index (χ0n) is 54.5. The SMILES string of the molecule is CCCCC/C=C\C/C=C\C/C=C\C/C=C\CCCCCCCC(=O)OC(/C=C/CCCCCCCCCCCC)C(COP(=O)(O)OCC[N+](C)(C)C)NC(=O)CCCCCCCCCCCCCCC/C=C\C/C=C\CCCCC. The topological polar surface area (TPSA) is 111 Å². The summed E-state index contributed by atoms with van der Waals surface area (Å²) >= 11 is 0. The molecule has 3 atom stereocenters. The molecule has 0 spiro atoms. The van der Waals surface area contributed by atoms with Gasteiger partial charge >= 0.3 is 13.8 Å². The van der Waals surface area contributed by atoms with E-state index < -0.39 is 20.0 Å². The predicted octanol–water partition coefficient (Wildman–Crippen LogP) is 21.7. The van der Waals surface area contributed by atoms with Crippen LogP contribution in [0.5, 0.6) is 0 Å². The number of quaternary nitrogens is 1. The fourth-order valence-corrected chi connectivity index (χ4v) is 10.5. The molecule has 476 valence electrons. The largest absolute Gasteiger partial charge is 0.472 e. The fourth-order valence-electron chi connectivity index (χ4n) is 9.72. The molecule has 0 saturated heterocycles. The summed E-state index contributed by atoms with van der Waals surface area (Å²) in [7, 11) is 1.48. The number of unbranched alkanes of at least 4 members (excludes halogenated alkanes) is 34. The lowest BCUT2D eigenvalue weighted by Crippen LogP contribution is -2.47. The van der Waals surface area contributed by atoms with E-state index in [0.717, 1.165) is 96.3 Å². The first-order chi connectivity index (χ1) is 39.9. The minimum absolute atomic E-state index is 0.0343. The summed E-state index contributed by atoms with van der Waals surface area (Å²) in [6, 6.07) is -0.861. The molecule has 0 aliphatic rings. The molecule has 82 heavy (non-hydrogen) atoms. The lowest BCUT2D eigenvalue weighted by atomic mass is 10.0. The molecule has 2 N–H and O–H groups in total. The maximum Gasteiger partial charge on any atom is 0.472 e. The molecule has 0 aromatic rings. The molecule has 1 amide bonds. The number of nitrogens with one attached hydrogen (secondary N) is 1. The molecule has 0 aromatic heterocycles. The van der Waals surface area contributed by atoms with Crippen molar-refractivity contribution in [3.63, 3.8) is 0 Å².